The van der Waals surface area contributed by atoms with Crippen LogP contribution in [0.1, 0.15) is 201 Å². The van der Waals surface area contributed by atoms with Crippen LogP contribution in [0.5, 0.6) is 0 Å². The smallest absolute Gasteiger partial charge is 0.306 e. The topological polar surface area (TPSA) is 61.8 Å². The van der Waals surface area contributed by atoms with Crippen molar-refractivity contribution in [1.29, 1.82) is 0 Å². The van der Waals surface area contributed by atoms with E-state index in [2.05, 4.69) is 81.5 Å². The largest absolute Gasteiger partial charge is 0.462 e. The first-order valence-corrected chi connectivity index (χ1v) is 21.8. The van der Waals surface area contributed by atoms with Crippen molar-refractivity contribution < 1.29 is 23.8 Å². The highest BCUT2D eigenvalue weighted by Gasteiger charge is 2.17. The molecule has 5 nitrogen and oxygen atoms in total. The molecule has 1 unspecified atom stereocenters. The molecule has 0 aliphatic heterocycles. The number of unbranched alkanes of at least 4 members (excludes halogenated alkanes) is 18. The fraction of sp³-hybridized carbons (Fsp3) is 0.745. The lowest BCUT2D eigenvalue weighted by atomic mass is 10.0. The number of hydrogen-bond donors (Lipinski definition) is 0. The third-order valence-electron chi connectivity index (χ3n) is 9.09. The number of esters is 2. The molecule has 5 heteroatoms. The Bertz CT molecular complexity index is 915. The van der Waals surface area contributed by atoms with Crippen LogP contribution < -0.4 is 0 Å². The molecule has 0 spiro atoms. The molecule has 1 atom stereocenters. The molecule has 0 aliphatic carbocycles. The van der Waals surface area contributed by atoms with Crippen LogP contribution in [0, 0.1) is 0 Å². The fourth-order valence-corrected chi connectivity index (χ4v) is 5.87. The molecule has 52 heavy (non-hydrogen) atoms. The van der Waals surface area contributed by atoms with Crippen molar-refractivity contribution in [1.82, 2.24) is 0 Å². The first kappa shape index (κ1) is 49.6. The molecule has 0 N–H and O–H groups in total. The molecule has 0 aromatic rings. The Morgan fingerprint density at radius 1 is 0.442 bits per heavy atom. The van der Waals surface area contributed by atoms with Crippen LogP contribution >= 0.6 is 0 Å². The molecule has 0 amide bonds. The maximum Gasteiger partial charge on any atom is 0.306 e. The Morgan fingerprint density at radius 3 is 1.27 bits per heavy atom. The minimum atomic E-state index is -0.568. The third kappa shape index (κ3) is 40.4. The van der Waals surface area contributed by atoms with E-state index in [0.29, 0.717) is 19.4 Å². The van der Waals surface area contributed by atoms with Gasteiger partial charge in [-0.05, 0) is 51.4 Å². The summed E-state index contributed by atoms with van der Waals surface area (Å²) in [4.78, 5) is 25.0. The van der Waals surface area contributed by atoms with Crippen molar-refractivity contribution >= 4 is 11.9 Å². The Morgan fingerprint density at radius 2 is 0.827 bits per heavy atom. The van der Waals surface area contributed by atoms with E-state index in [-0.39, 0.29) is 25.2 Å². The van der Waals surface area contributed by atoms with Gasteiger partial charge in [0.25, 0.3) is 0 Å². The summed E-state index contributed by atoms with van der Waals surface area (Å²) in [5, 5.41) is 0. The SMILES string of the molecule is CC/C=C\C/C=C\C/C=C\C/C=C\C/C=C\CCOCC(COC(=O)CCCCCCCCCCCCCCCCC)OC(=O)CCCCCCC. The van der Waals surface area contributed by atoms with Crippen LogP contribution in [0.15, 0.2) is 60.8 Å². The summed E-state index contributed by atoms with van der Waals surface area (Å²) in [6.45, 7) is 7.43. The molecular weight excluding hydrogens is 645 g/mol. The van der Waals surface area contributed by atoms with Gasteiger partial charge in [0, 0.05) is 12.8 Å². The monoisotopic (exact) mass is 727 g/mol. The molecule has 0 radical (unpaired) electrons. The van der Waals surface area contributed by atoms with Crippen molar-refractivity contribution in [3.05, 3.63) is 60.8 Å². The van der Waals surface area contributed by atoms with E-state index in [1.165, 1.54) is 96.3 Å². The van der Waals surface area contributed by atoms with E-state index in [1.54, 1.807) is 0 Å². The van der Waals surface area contributed by atoms with E-state index in [4.69, 9.17) is 14.2 Å². The van der Waals surface area contributed by atoms with E-state index < -0.39 is 6.10 Å². The second kappa shape index (κ2) is 43.0. The lowest BCUT2D eigenvalue weighted by Crippen LogP contribution is -2.30. The highest BCUT2D eigenvalue weighted by molar-refractivity contribution is 5.70. The number of ether oxygens (including phenoxy) is 3. The Balaban J connectivity index is 4.18. The van der Waals surface area contributed by atoms with Gasteiger partial charge in [-0.3, -0.25) is 9.59 Å². The molecule has 0 heterocycles. The molecule has 0 saturated carbocycles. The number of allylic oxidation sites excluding steroid dienone is 9. The van der Waals surface area contributed by atoms with Crippen molar-refractivity contribution in [3.8, 4) is 0 Å². The first-order chi connectivity index (χ1) is 25.6. The van der Waals surface area contributed by atoms with Gasteiger partial charge in [0.2, 0.25) is 0 Å². The maximum absolute atomic E-state index is 12.5. The lowest BCUT2D eigenvalue weighted by Gasteiger charge is -2.18. The zero-order chi connectivity index (χ0) is 37.8. The summed E-state index contributed by atoms with van der Waals surface area (Å²) in [5.74, 6) is -0.449. The van der Waals surface area contributed by atoms with Crippen molar-refractivity contribution in [2.75, 3.05) is 19.8 Å². The minimum Gasteiger partial charge on any atom is -0.462 e. The molecule has 0 rings (SSSR count). The van der Waals surface area contributed by atoms with Crippen molar-refractivity contribution in [2.45, 2.75) is 207 Å². The van der Waals surface area contributed by atoms with Crippen LogP contribution in [0.25, 0.3) is 0 Å². The van der Waals surface area contributed by atoms with Gasteiger partial charge in [0.05, 0.1) is 13.2 Å². The first-order valence-electron chi connectivity index (χ1n) is 21.8. The van der Waals surface area contributed by atoms with Gasteiger partial charge in [-0.25, -0.2) is 0 Å². The number of carbonyl (C=O) groups is 2. The fourth-order valence-electron chi connectivity index (χ4n) is 5.87. The van der Waals surface area contributed by atoms with Crippen LogP contribution in [-0.4, -0.2) is 37.9 Å². The van der Waals surface area contributed by atoms with Crippen LogP contribution in [-0.2, 0) is 23.8 Å². The molecule has 0 aromatic carbocycles. The zero-order valence-electron chi connectivity index (χ0n) is 34.3. The van der Waals surface area contributed by atoms with Gasteiger partial charge >= 0.3 is 11.9 Å². The van der Waals surface area contributed by atoms with Gasteiger partial charge in [-0.1, -0.05) is 197 Å². The number of hydrogen-bond acceptors (Lipinski definition) is 5. The summed E-state index contributed by atoms with van der Waals surface area (Å²) < 4.78 is 17.1. The standard InChI is InChI=1S/C47H82O5/c1-4-7-10-13-15-17-19-21-23-25-27-29-31-33-36-39-42-50-43-45(52-47(49)41-38-34-12-9-6-3)44-51-46(48)40-37-35-32-30-28-26-24-22-20-18-16-14-11-8-5-2/h7,10,15,17,21,23,27,29,33,36,45H,4-6,8-9,11-14,16,18-20,22,24-26,28,30-32,34-35,37-44H2,1-3H3/b10-7-,17-15-,23-21-,29-27-,36-33-. The maximum atomic E-state index is 12.5. The average Bonchev–Trinajstić information content (AvgIpc) is 3.14. The highest BCUT2D eigenvalue weighted by atomic mass is 16.6. The molecule has 0 aromatic heterocycles. The Labute approximate surface area is 322 Å². The molecule has 0 saturated heterocycles. The molecule has 0 bridgehead atoms. The summed E-state index contributed by atoms with van der Waals surface area (Å²) in [6, 6.07) is 0. The normalized spacial score (nSPS) is 12.8. The van der Waals surface area contributed by atoms with E-state index in [1.807, 2.05) is 0 Å². The molecule has 0 aliphatic rings. The second-order valence-corrected chi connectivity index (χ2v) is 14.2. The van der Waals surface area contributed by atoms with E-state index in [9.17, 15) is 9.59 Å². The van der Waals surface area contributed by atoms with Crippen LogP contribution in [0.3, 0.4) is 0 Å². The van der Waals surface area contributed by atoms with Gasteiger partial charge in [-0.15, -0.1) is 0 Å². The van der Waals surface area contributed by atoms with Crippen molar-refractivity contribution in [2.24, 2.45) is 0 Å². The number of carbonyl (C=O) groups excluding carboxylic acids is 2. The summed E-state index contributed by atoms with van der Waals surface area (Å²) >= 11 is 0. The molecular formula is C47H82O5. The predicted octanol–water partition coefficient (Wildman–Crippen LogP) is 14.2. The Hall–Kier alpha value is -2.40. The van der Waals surface area contributed by atoms with Gasteiger partial charge in [0.1, 0.15) is 6.61 Å². The van der Waals surface area contributed by atoms with E-state index >= 15 is 0 Å². The molecule has 0 fully saturated rings. The van der Waals surface area contributed by atoms with Gasteiger partial charge < -0.3 is 14.2 Å². The average molecular weight is 727 g/mol. The quantitative estimate of drug-likeness (QED) is 0.0358. The van der Waals surface area contributed by atoms with Crippen LogP contribution in [0.4, 0.5) is 0 Å². The van der Waals surface area contributed by atoms with Crippen molar-refractivity contribution in [3.63, 3.8) is 0 Å². The third-order valence-corrected chi connectivity index (χ3v) is 9.09. The van der Waals surface area contributed by atoms with Gasteiger partial charge in [-0.2, -0.15) is 0 Å². The minimum absolute atomic E-state index is 0.0564. The second-order valence-electron chi connectivity index (χ2n) is 14.2. The number of rotatable bonds is 39. The lowest BCUT2D eigenvalue weighted by molar-refractivity contribution is -0.162. The van der Waals surface area contributed by atoms with E-state index in [0.717, 1.165) is 70.6 Å². The summed E-state index contributed by atoms with van der Waals surface area (Å²) in [6.07, 6.45) is 52.6. The van der Waals surface area contributed by atoms with Crippen LogP contribution in [0.2, 0.25) is 0 Å². The zero-order valence-corrected chi connectivity index (χ0v) is 34.3. The Kier molecular flexibility index (Phi) is 41.0. The van der Waals surface area contributed by atoms with Gasteiger partial charge in [0.15, 0.2) is 6.10 Å². The summed E-state index contributed by atoms with van der Waals surface area (Å²) in [5.41, 5.74) is 0. The molecule has 300 valence electrons. The highest BCUT2D eigenvalue weighted by Crippen LogP contribution is 2.14. The predicted molar refractivity (Wildman–Crippen MR) is 224 cm³/mol. The summed E-state index contributed by atoms with van der Waals surface area (Å²) in [7, 11) is 0.